The summed E-state index contributed by atoms with van der Waals surface area (Å²) in [7, 11) is 0. The SMILES string of the molecule is CC(=O)N[C@@H]1CC(=O)NCCC(=O)NCCC[C@H](C(=O)N[C@@H](CO)C(=O)N[C@@H](Cc2ccc(O)cc2)C(=O)N[C@H](Cc2ccc3ccccc3c2)C(=O)N[C@@H](CC(C)C)C(=O)N[C@@H](CCCN=C(N)N)C(=O)N2CCC[C@H]2C(=O)N[C@H](C)C(N)=O)NC(=O)[C@@H](Cc2ccc(Cl)cc2)NC1=O. The zero-order chi connectivity index (χ0) is 73.2. The van der Waals surface area contributed by atoms with Gasteiger partial charge < -0.3 is 90.8 Å². The fourth-order valence-corrected chi connectivity index (χ4v) is 11.4. The first-order valence-electron chi connectivity index (χ1n) is 33.1. The number of halogens is 1. The van der Waals surface area contributed by atoms with Crippen LogP contribution in [0.5, 0.6) is 5.75 Å². The molecular weight excluding hydrogens is 1320 g/mol. The van der Waals surface area contributed by atoms with Gasteiger partial charge in [0.05, 0.1) is 13.0 Å². The van der Waals surface area contributed by atoms with Crippen molar-refractivity contribution in [1.82, 2.24) is 63.4 Å². The van der Waals surface area contributed by atoms with E-state index in [1.165, 1.54) is 48.2 Å². The number of nitrogens with zero attached hydrogens (tertiary/aromatic N) is 2. The maximum absolute atomic E-state index is 15.1. The average molecular weight is 1410 g/mol. The zero-order valence-corrected chi connectivity index (χ0v) is 57.0. The van der Waals surface area contributed by atoms with Crippen molar-refractivity contribution in [3.8, 4) is 5.75 Å². The maximum Gasteiger partial charge on any atom is 0.245 e. The number of aromatic hydroxyl groups is 1. The molecule has 32 heteroatoms. The van der Waals surface area contributed by atoms with Gasteiger partial charge in [-0.3, -0.25) is 67.3 Å². The number of aliphatic hydroxyl groups excluding tert-OH is 1. The van der Waals surface area contributed by atoms with Crippen LogP contribution in [-0.4, -0.2) is 191 Å². The van der Waals surface area contributed by atoms with Gasteiger partial charge in [0.25, 0.3) is 0 Å². The molecule has 2 fully saturated rings. The summed E-state index contributed by atoms with van der Waals surface area (Å²) in [6, 6.07) is 10.3. The van der Waals surface area contributed by atoms with E-state index in [2.05, 4.69) is 63.5 Å². The van der Waals surface area contributed by atoms with E-state index in [4.69, 9.17) is 28.8 Å². The second-order valence-corrected chi connectivity index (χ2v) is 25.6. The Morgan fingerprint density at radius 2 is 1.25 bits per heavy atom. The third-order valence-electron chi connectivity index (χ3n) is 16.6. The van der Waals surface area contributed by atoms with E-state index in [0.717, 1.165) is 17.7 Å². The minimum absolute atomic E-state index is 0.000222. The number of phenolic OH excluding ortho intramolecular Hbond substituents is 1. The molecule has 0 unspecified atom stereocenters. The van der Waals surface area contributed by atoms with Crippen LogP contribution in [0.3, 0.4) is 0 Å². The number of guanidine groups is 1. The van der Waals surface area contributed by atoms with Crippen molar-refractivity contribution in [1.29, 1.82) is 0 Å². The molecule has 0 saturated carbocycles. The van der Waals surface area contributed by atoms with E-state index in [1.54, 1.807) is 38.1 Å². The summed E-state index contributed by atoms with van der Waals surface area (Å²) < 4.78 is 0. The summed E-state index contributed by atoms with van der Waals surface area (Å²) in [5.74, 6) is -11.3. The summed E-state index contributed by atoms with van der Waals surface area (Å²) in [5.41, 5.74) is 18.0. The van der Waals surface area contributed by atoms with Crippen molar-refractivity contribution >= 4 is 105 Å². The summed E-state index contributed by atoms with van der Waals surface area (Å²) >= 11 is 6.15. The lowest BCUT2D eigenvalue weighted by atomic mass is 9.98. The number of primary amides is 1. The van der Waals surface area contributed by atoms with Crippen molar-refractivity contribution in [2.45, 2.75) is 165 Å². The molecule has 13 amide bonds. The van der Waals surface area contributed by atoms with E-state index < -0.39 is 150 Å². The van der Waals surface area contributed by atoms with Gasteiger partial charge in [-0.1, -0.05) is 92.2 Å². The van der Waals surface area contributed by atoms with Gasteiger partial charge in [-0.25, -0.2) is 0 Å². The molecular formula is C68H91ClN16O15. The highest BCUT2D eigenvalue weighted by atomic mass is 35.5. The van der Waals surface area contributed by atoms with Gasteiger partial charge in [-0.15, -0.1) is 0 Å². The highest BCUT2D eigenvalue weighted by Gasteiger charge is 2.40. The van der Waals surface area contributed by atoms with Crippen LogP contribution in [0.1, 0.15) is 102 Å². The van der Waals surface area contributed by atoms with Crippen molar-refractivity contribution in [3.05, 3.63) is 113 Å². The lowest BCUT2D eigenvalue weighted by Gasteiger charge is -2.31. The monoisotopic (exact) mass is 1410 g/mol. The molecule has 0 aromatic heterocycles. The number of phenols is 1. The number of amides is 13. The van der Waals surface area contributed by atoms with Gasteiger partial charge in [0, 0.05) is 63.8 Å². The third kappa shape index (κ3) is 25.1. The summed E-state index contributed by atoms with van der Waals surface area (Å²) in [5, 5.41) is 51.8. The molecule has 540 valence electrons. The Morgan fingerprint density at radius 1 is 0.650 bits per heavy atom. The van der Waals surface area contributed by atoms with Crippen LogP contribution >= 0.6 is 11.6 Å². The quantitative estimate of drug-likeness (QED) is 0.0166. The number of hydrogen-bond donors (Lipinski definition) is 16. The third-order valence-corrected chi connectivity index (χ3v) is 16.9. The van der Waals surface area contributed by atoms with Crippen LogP contribution in [0.25, 0.3) is 10.8 Å². The molecule has 4 aromatic rings. The second-order valence-electron chi connectivity index (χ2n) is 25.1. The highest BCUT2D eigenvalue weighted by molar-refractivity contribution is 6.30. The zero-order valence-electron chi connectivity index (χ0n) is 56.2. The largest absolute Gasteiger partial charge is 0.508 e. The van der Waals surface area contributed by atoms with Crippen molar-refractivity contribution < 1.29 is 72.5 Å². The number of nitrogens with one attached hydrogen (secondary N) is 11. The van der Waals surface area contributed by atoms with Crippen molar-refractivity contribution in [2.24, 2.45) is 28.1 Å². The minimum atomic E-state index is -1.86. The molecule has 2 aliphatic rings. The second kappa shape index (κ2) is 38.6. The smallest absolute Gasteiger partial charge is 0.245 e. The van der Waals surface area contributed by atoms with Crippen molar-refractivity contribution in [2.75, 3.05) is 32.8 Å². The van der Waals surface area contributed by atoms with Gasteiger partial charge in [-0.2, -0.15) is 0 Å². The van der Waals surface area contributed by atoms with Gasteiger partial charge in [-0.05, 0) is 110 Å². The molecule has 0 radical (unpaired) electrons. The summed E-state index contributed by atoms with van der Waals surface area (Å²) in [6.45, 7) is 5.01. The van der Waals surface area contributed by atoms with Crippen LogP contribution in [0.4, 0.5) is 0 Å². The number of carbonyl (C=O) groups is 13. The highest BCUT2D eigenvalue weighted by Crippen LogP contribution is 2.22. The Kier molecular flexibility index (Phi) is 30.4. The molecule has 2 saturated heterocycles. The first-order valence-corrected chi connectivity index (χ1v) is 33.4. The average Bonchev–Trinajstić information content (AvgIpc) is 1.50. The van der Waals surface area contributed by atoms with E-state index in [1.807, 2.05) is 30.3 Å². The lowest BCUT2D eigenvalue weighted by molar-refractivity contribution is -0.142. The Bertz CT molecular complexity index is 3610. The molecule has 100 heavy (non-hydrogen) atoms. The number of rotatable bonds is 28. The van der Waals surface area contributed by atoms with E-state index >= 15 is 9.59 Å². The molecule has 31 nitrogen and oxygen atoms in total. The van der Waals surface area contributed by atoms with E-state index in [9.17, 15) is 63.0 Å². The fraction of sp³-hybridized carbons (Fsp3) is 0.471. The Hall–Kier alpha value is -10.4. The van der Waals surface area contributed by atoms with Crippen molar-refractivity contribution in [3.63, 3.8) is 0 Å². The Morgan fingerprint density at radius 3 is 1.89 bits per heavy atom. The molecule has 2 aliphatic heterocycles. The predicted molar refractivity (Wildman–Crippen MR) is 368 cm³/mol. The number of aliphatic imine (C=N–C) groups is 1. The first-order chi connectivity index (χ1) is 47.6. The number of benzene rings is 4. The lowest BCUT2D eigenvalue weighted by Crippen LogP contribution is -2.61. The normalized spacial score (nSPS) is 18.8. The summed E-state index contributed by atoms with van der Waals surface area (Å²) in [6.07, 6.45) is -0.890. The van der Waals surface area contributed by atoms with Crippen LogP contribution < -0.4 is 75.7 Å². The van der Waals surface area contributed by atoms with E-state index in [0.29, 0.717) is 28.1 Å². The number of hydrogen-bond acceptors (Lipinski definition) is 16. The van der Waals surface area contributed by atoms with Gasteiger partial charge in [0.2, 0.25) is 76.8 Å². The number of likely N-dealkylation sites (tertiary alicyclic amines) is 1. The number of nitrogens with two attached hydrogens (primary N) is 3. The molecule has 0 bridgehead atoms. The van der Waals surface area contributed by atoms with Crippen LogP contribution in [0.15, 0.2) is 96.0 Å². The Balaban J connectivity index is 1.30. The molecule has 6 rings (SSSR count). The number of carbonyl (C=O) groups excluding carboxylic acids is 13. The predicted octanol–water partition coefficient (Wildman–Crippen LogP) is -2.00. The molecule has 4 aromatic carbocycles. The fourth-order valence-electron chi connectivity index (χ4n) is 11.3. The van der Waals surface area contributed by atoms with Crippen LogP contribution in [0, 0.1) is 5.92 Å². The molecule has 2 heterocycles. The van der Waals surface area contributed by atoms with Crippen LogP contribution in [0.2, 0.25) is 5.02 Å². The van der Waals surface area contributed by atoms with Crippen LogP contribution in [-0.2, 0) is 81.6 Å². The molecule has 0 aliphatic carbocycles. The molecule has 19 N–H and O–H groups in total. The first kappa shape index (κ1) is 78.6. The van der Waals surface area contributed by atoms with Gasteiger partial charge in [0.15, 0.2) is 5.96 Å². The Labute approximate surface area is 583 Å². The molecule has 10 atom stereocenters. The number of aliphatic hydroxyl groups is 1. The topological polar surface area (TPSA) is 488 Å². The maximum atomic E-state index is 15.1. The molecule has 0 spiro atoms. The minimum Gasteiger partial charge on any atom is -0.508 e. The van der Waals surface area contributed by atoms with Gasteiger partial charge in [0.1, 0.15) is 66.2 Å². The summed E-state index contributed by atoms with van der Waals surface area (Å²) in [4.78, 5) is 186. The van der Waals surface area contributed by atoms with Gasteiger partial charge >= 0.3 is 0 Å². The standard InChI is InChI=1S/C68H91ClN16O15/c1-37(2)30-49(60(93)79-48(13-8-27-75-68(71)72)67(100)85-29-9-14-55(85)66(99)76-38(3)58(70)91)80-63(96)52(34-42-15-20-43-10-5-6-11-44(43)31-42)82-62(95)51(33-41-18-23-46(88)24-19-41)83-65(98)54(36-86)84-59(92)47-12-7-26-73-56(89)25-28-74-57(90)35-53(77-39(4)87)64(97)81-50(61(94)78-47)32-40-16-21-45(69)22-17-40/h5-6,10-11,15-24,31,37-38,47-55,86,88H,7-9,12-14,25-30,32-36H2,1-4H3,(H2,70,91)(H,73,89)(H,74,90)(H,76,99)(H,77,87)(H,78,94)(H,79,93)(H,80,96)(H,81,97)(H,82,95)(H,83,98)(H,84,92)(H4,71,72,75)/t38-,47-,48+,49+,50-,51+,52-,53-,54+,55+/m1/s1. The number of fused-ring (bicyclic) bond motifs is 1. The van der Waals surface area contributed by atoms with E-state index in [-0.39, 0.29) is 108 Å².